The molecule has 1 heterocycles. The zero-order valence-electron chi connectivity index (χ0n) is 10.6. The third-order valence-electron chi connectivity index (χ3n) is 2.52. The highest BCUT2D eigenvalue weighted by atomic mass is 127. The number of hydrogen-bond acceptors (Lipinski definition) is 4. The molecule has 1 aliphatic rings. The molecule has 1 fully saturated rings. The van der Waals surface area contributed by atoms with Gasteiger partial charge in [0.05, 0.1) is 10.2 Å². The number of hydrogen-bond donors (Lipinski definition) is 0. The Morgan fingerprint density at radius 1 is 1.44 bits per heavy atom. The van der Waals surface area contributed by atoms with Crippen molar-refractivity contribution >= 4 is 22.6 Å². The lowest BCUT2D eigenvalue weighted by atomic mass is 10.1. The molecule has 18 heavy (non-hydrogen) atoms. The van der Waals surface area contributed by atoms with Gasteiger partial charge in [-0.1, -0.05) is 6.07 Å². The Balaban J connectivity index is 1.97. The first-order valence-electron chi connectivity index (χ1n) is 5.93. The second kappa shape index (κ2) is 6.70. The summed E-state index contributed by atoms with van der Waals surface area (Å²) in [6.45, 7) is 6.21. The first kappa shape index (κ1) is 14.0. The monoisotopic (exact) mass is 364 g/mol. The average molecular weight is 364 g/mol. The van der Waals surface area contributed by atoms with Gasteiger partial charge in [0, 0.05) is 6.61 Å². The molecule has 0 spiro atoms. The smallest absolute Gasteiger partial charge is 0.189 e. The van der Waals surface area contributed by atoms with Crippen LogP contribution in [0.1, 0.15) is 18.1 Å². The molecule has 1 aromatic carbocycles. The Bertz CT molecular complexity index is 381. The number of halogens is 1. The van der Waals surface area contributed by atoms with Crippen molar-refractivity contribution < 1.29 is 18.9 Å². The van der Waals surface area contributed by atoms with Crippen molar-refractivity contribution in [1.82, 2.24) is 0 Å². The van der Waals surface area contributed by atoms with Gasteiger partial charge in [-0.25, -0.2) is 0 Å². The first-order valence-corrected chi connectivity index (χ1v) is 7.01. The topological polar surface area (TPSA) is 40.2 Å². The van der Waals surface area contributed by atoms with E-state index in [0.717, 1.165) is 20.4 Å². The molecule has 1 aliphatic heterocycles. The summed E-state index contributed by atoms with van der Waals surface area (Å²) in [6.07, 6.45) is -0.00292. The van der Waals surface area contributed by atoms with Gasteiger partial charge in [-0.3, -0.25) is 0 Å². The Hall–Kier alpha value is -0.370. The number of benzene rings is 1. The van der Waals surface area contributed by atoms with Gasteiger partial charge in [-0.05, 0) is 53.6 Å². The molecule has 0 aromatic heterocycles. The molecule has 4 nitrogen and oxygen atoms in total. The van der Waals surface area contributed by atoms with E-state index in [2.05, 4.69) is 34.7 Å². The SMILES string of the molecule is CCOCOc1c(C)cc(COC2CO2)cc1I. The van der Waals surface area contributed by atoms with Crippen LogP contribution in [0.25, 0.3) is 0 Å². The van der Waals surface area contributed by atoms with Gasteiger partial charge in [0.2, 0.25) is 0 Å². The minimum Gasteiger partial charge on any atom is -0.466 e. The Labute approximate surface area is 121 Å². The zero-order valence-corrected chi connectivity index (χ0v) is 12.7. The van der Waals surface area contributed by atoms with Gasteiger partial charge in [-0.15, -0.1) is 0 Å². The molecular weight excluding hydrogens is 347 g/mol. The highest BCUT2D eigenvalue weighted by molar-refractivity contribution is 14.1. The van der Waals surface area contributed by atoms with Crippen LogP contribution in [-0.4, -0.2) is 26.3 Å². The first-order chi connectivity index (χ1) is 8.70. The summed E-state index contributed by atoms with van der Waals surface area (Å²) in [6, 6.07) is 4.14. The molecule has 1 aromatic rings. The van der Waals surface area contributed by atoms with Crippen LogP contribution >= 0.6 is 22.6 Å². The van der Waals surface area contributed by atoms with Crippen LogP contribution in [-0.2, 0) is 20.8 Å². The Morgan fingerprint density at radius 3 is 2.83 bits per heavy atom. The van der Waals surface area contributed by atoms with Crippen molar-refractivity contribution in [2.24, 2.45) is 0 Å². The largest absolute Gasteiger partial charge is 0.466 e. The quantitative estimate of drug-likeness (QED) is 0.323. The third-order valence-corrected chi connectivity index (χ3v) is 3.32. The lowest BCUT2D eigenvalue weighted by Crippen LogP contribution is -2.05. The molecule has 1 unspecified atom stereocenters. The molecule has 0 radical (unpaired) electrons. The Morgan fingerprint density at radius 2 is 2.22 bits per heavy atom. The van der Waals surface area contributed by atoms with Gasteiger partial charge in [-0.2, -0.15) is 0 Å². The summed E-state index contributed by atoms with van der Waals surface area (Å²) in [5.41, 5.74) is 2.23. The summed E-state index contributed by atoms with van der Waals surface area (Å²) < 4.78 is 22.4. The van der Waals surface area contributed by atoms with Crippen molar-refractivity contribution in [3.8, 4) is 5.75 Å². The molecule has 1 saturated heterocycles. The summed E-state index contributed by atoms with van der Waals surface area (Å²) in [5.74, 6) is 0.885. The highest BCUT2D eigenvalue weighted by Crippen LogP contribution is 2.28. The standard InChI is InChI=1S/C13H17IO4/c1-3-15-8-18-13-9(2)4-10(5-11(13)14)6-16-12-7-17-12/h4-5,12H,3,6-8H2,1-2H3. The zero-order chi connectivity index (χ0) is 13.0. The van der Waals surface area contributed by atoms with Gasteiger partial charge in [0.25, 0.3) is 0 Å². The van der Waals surface area contributed by atoms with Gasteiger partial charge in [0.15, 0.2) is 13.1 Å². The van der Waals surface area contributed by atoms with Crippen molar-refractivity contribution in [3.63, 3.8) is 0 Å². The van der Waals surface area contributed by atoms with Crippen molar-refractivity contribution in [2.75, 3.05) is 20.0 Å². The Kier molecular flexibility index (Phi) is 5.23. The van der Waals surface area contributed by atoms with Crippen LogP contribution in [0.4, 0.5) is 0 Å². The van der Waals surface area contributed by atoms with Gasteiger partial charge < -0.3 is 18.9 Å². The predicted octanol–water partition coefficient (Wildman–Crippen LogP) is 2.85. The summed E-state index contributed by atoms with van der Waals surface area (Å²) >= 11 is 2.27. The maximum atomic E-state index is 5.61. The lowest BCUT2D eigenvalue weighted by Gasteiger charge is -2.13. The van der Waals surface area contributed by atoms with E-state index in [0.29, 0.717) is 26.6 Å². The van der Waals surface area contributed by atoms with E-state index >= 15 is 0 Å². The molecule has 1 atom stereocenters. The molecule has 100 valence electrons. The number of ether oxygens (including phenoxy) is 4. The molecular formula is C13H17IO4. The summed E-state index contributed by atoms with van der Waals surface area (Å²) in [4.78, 5) is 0. The second-order valence-corrected chi connectivity index (χ2v) is 5.21. The van der Waals surface area contributed by atoms with Crippen molar-refractivity contribution in [1.29, 1.82) is 0 Å². The van der Waals surface area contributed by atoms with E-state index in [9.17, 15) is 0 Å². The molecule has 2 rings (SSSR count). The van der Waals surface area contributed by atoms with E-state index < -0.39 is 0 Å². The normalized spacial score (nSPS) is 17.8. The summed E-state index contributed by atoms with van der Waals surface area (Å²) in [5, 5.41) is 0. The minimum absolute atomic E-state index is 0.00292. The fraction of sp³-hybridized carbons (Fsp3) is 0.538. The van der Waals surface area contributed by atoms with E-state index in [1.807, 2.05) is 13.8 Å². The minimum atomic E-state index is -0.00292. The van der Waals surface area contributed by atoms with Crippen LogP contribution in [0.3, 0.4) is 0 Å². The number of epoxide rings is 1. The predicted molar refractivity (Wildman–Crippen MR) is 75.5 cm³/mol. The van der Waals surface area contributed by atoms with Crippen molar-refractivity contribution in [3.05, 3.63) is 26.8 Å². The van der Waals surface area contributed by atoms with Gasteiger partial charge >= 0.3 is 0 Å². The van der Waals surface area contributed by atoms with Crippen LogP contribution in [0, 0.1) is 10.5 Å². The van der Waals surface area contributed by atoms with E-state index in [4.69, 9.17) is 18.9 Å². The molecule has 0 amide bonds. The lowest BCUT2D eigenvalue weighted by molar-refractivity contribution is 0.0213. The van der Waals surface area contributed by atoms with E-state index in [1.165, 1.54) is 0 Å². The maximum Gasteiger partial charge on any atom is 0.189 e. The molecule has 0 bridgehead atoms. The van der Waals surface area contributed by atoms with E-state index in [1.54, 1.807) is 0 Å². The average Bonchev–Trinajstić information content (AvgIpc) is 3.14. The molecule has 0 aliphatic carbocycles. The molecule has 0 N–H and O–H groups in total. The number of rotatable bonds is 7. The van der Waals surface area contributed by atoms with Crippen LogP contribution in [0.15, 0.2) is 12.1 Å². The number of aryl methyl sites for hydroxylation is 1. The summed E-state index contributed by atoms with van der Waals surface area (Å²) in [7, 11) is 0. The van der Waals surface area contributed by atoms with E-state index in [-0.39, 0.29) is 6.29 Å². The maximum absolute atomic E-state index is 5.61. The van der Waals surface area contributed by atoms with Gasteiger partial charge in [0.1, 0.15) is 12.4 Å². The highest BCUT2D eigenvalue weighted by Gasteiger charge is 2.23. The second-order valence-electron chi connectivity index (χ2n) is 4.05. The van der Waals surface area contributed by atoms with Crippen molar-refractivity contribution in [2.45, 2.75) is 26.7 Å². The van der Waals surface area contributed by atoms with Crippen LogP contribution in [0.2, 0.25) is 0 Å². The molecule has 5 heteroatoms. The third kappa shape index (κ3) is 4.08. The van der Waals surface area contributed by atoms with Crippen LogP contribution in [0.5, 0.6) is 5.75 Å². The fourth-order valence-electron chi connectivity index (χ4n) is 1.58. The van der Waals surface area contributed by atoms with Crippen LogP contribution < -0.4 is 4.74 Å². The fourth-order valence-corrected chi connectivity index (χ4v) is 2.56. The molecule has 0 saturated carbocycles.